The first kappa shape index (κ1) is 23.7. The van der Waals surface area contributed by atoms with Gasteiger partial charge in [-0.3, -0.25) is 0 Å². The van der Waals surface area contributed by atoms with Gasteiger partial charge >= 0.3 is 6.11 Å². The highest BCUT2D eigenvalue weighted by Crippen LogP contribution is 2.37. The molecule has 0 aliphatic carbocycles. The molecule has 0 saturated heterocycles. The van der Waals surface area contributed by atoms with Gasteiger partial charge < -0.3 is 4.74 Å². The Morgan fingerprint density at radius 2 is 1.31 bits per heavy atom. The fourth-order valence-electron chi connectivity index (χ4n) is 3.34. The molecule has 7 heteroatoms. The van der Waals surface area contributed by atoms with Gasteiger partial charge in [0.15, 0.2) is 0 Å². The second-order valence-corrected chi connectivity index (χ2v) is 7.60. The lowest BCUT2D eigenvalue weighted by molar-refractivity contribution is -0.189. The van der Waals surface area contributed by atoms with Crippen molar-refractivity contribution in [2.24, 2.45) is 0 Å². The lowest BCUT2D eigenvalue weighted by Gasteiger charge is -2.20. The summed E-state index contributed by atoms with van der Waals surface area (Å²) in [6.45, 7) is 3.21. The number of aryl methyl sites for hydroxylation is 1. The zero-order chi connectivity index (χ0) is 23.5. The first-order chi connectivity index (χ1) is 15.1. The van der Waals surface area contributed by atoms with Gasteiger partial charge in [0.05, 0.1) is 0 Å². The Balaban J connectivity index is 1.86. The van der Waals surface area contributed by atoms with E-state index in [0.29, 0.717) is 17.7 Å². The number of alkyl halides is 2. The highest BCUT2D eigenvalue weighted by atomic mass is 19.3. The smallest absolute Gasteiger partial charge is 0.429 e. The number of benzene rings is 3. The standard InChI is InChI=1S/C25H22F6O/c1-3-4-5-6-16-7-9-17(10-8-16)18-11-22(28)24(23(29)12-18)25(30,31)32-19-13-20(26)15(2)21(27)14-19/h7-14H,3-6H2,1-2H3. The molecule has 0 fully saturated rings. The molecule has 0 heterocycles. The number of hydrogen-bond donors (Lipinski definition) is 0. The van der Waals surface area contributed by atoms with Crippen molar-refractivity contribution in [1.82, 2.24) is 0 Å². The second-order valence-electron chi connectivity index (χ2n) is 7.60. The summed E-state index contributed by atoms with van der Waals surface area (Å²) >= 11 is 0. The summed E-state index contributed by atoms with van der Waals surface area (Å²) in [6.07, 6.45) is -0.413. The minimum atomic E-state index is -4.50. The Hall–Kier alpha value is -2.96. The van der Waals surface area contributed by atoms with E-state index < -0.39 is 46.3 Å². The van der Waals surface area contributed by atoms with Crippen LogP contribution in [0.3, 0.4) is 0 Å². The predicted octanol–water partition coefficient (Wildman–Crippen LogP) is 8.08. The Kier molecular flexibility index (Phi) is 7.16. The summed E-state index contributed by atoms with van der Waals surface area (Å²) in [5, 5.41) is 0. The van der Waals surface area contributed by atoms with Gasteiger partial charge in [-0.1, -0.05) is 44.0 Å². The second kappa shape index (κ2) is 9.67. The molecular weight excluding hydrogens is 430 g/mol. The first-order valence-corrected chi connectivity index (χ1v) is 10.2. The van der Waals surface area contributed by atoms with Gasteiger partial charge in [-0.05, 0) is 48.6 Å². The van der Waals surface area contributed by atoms with Gasteiger partial charge in [-0.25, -0.2) is 17.6 Å². The number of ether oxygens (including phenoxy) is 1. The summed E-state index contributed by atoms with van der Waals surface area (Å²) in [4.78, 5) is 0. The van der Waals surface area contributed by atoms with Crippen molar-refractivity contribution in [1.29, 1.82) is 0 Å². The van der Waals surface area contributed by atoms with Gasteiger partial charge in [-0.2, -0.15) is 8.78 Å². The van der Waals surface area contributed by atoms with Crippen molar-refractivity contribution in [2.45, 2.75) is 45.6 Å². The van der Waals surface area contributed by atoms with E-state index in [4.69, 9.17) is 0 Å². The number of rotatable bonds is 8. The summed E-state index contributed by atoms with van der Waals surface area (Å²) in [7, 11) is 0. The molecule has 0 bridgehead atoms. The van der Waals surface area contributed by atoms with E-state index in [0.717, 1.165) is 50.3 Å². The van der Waals surface area contributed by atoms with Crippen molar-refractivity contribution in [3.63, 3.8) is 0 Å². The maximum absolute atomic E-state index is 14.6. The monoisotopic (exact) mass is 452 g/mol. The van der Waals surface area contributed by atoms with Gasteiger partial charge in [0.25, 0.3) is 0 Å². The Morgan fingerprint density at radius 1 is 0.750 bits per heavy atom. The molecule has 0 aliphatic rings. The summed E-state index contributed by atoms with van der Waals surface area (Å²) in [5.74, 6) is -6.21. The third-order valence-corrected chi connectivity index (χ3v) is 5.19. The van der Waals surface area contributed by atoms with Crippen LogP contribution in [0.15, 0.2) is 48.5 Å². The van der Waals surface area contributed by atoms with Crippen molar-refractivity contribution >= 4 is 0 Å². The van der Waals surface area contributed by atoms with E-state index >= 15 is 0 Å². The fourth-order valence-corrected chi connectivity index (χ4v) is 3.34. The summed E-state index contributed by atoms with van der Waals surface area (Å²) in [6, 6.07) is 9.59. The van der Waals surface area contributed by atoms with Crippen LogP contribution in [0, 0.1) is 30.2 Å². The molecule has 3 rings (SSSR count). The maximum Gasteiger partial charge on any atom is 0.432 e. The topological polar surface area (TPSA) is 9.23 Å². The van der Waals surface area contributed by atoms with Crippen LogP contribution in [0.2, 0.25) is 0 Å². The first-order valence-electron chi connectivity index (χ1n) is 10.2. The molecule has 0 unspecified atom stereocenters. The SMILES string of the molecule is CCCCCc1ccc(-c2cc(F)c(C(F)(F)Oc3cc(F)c(C)c(F)c3)c(F)c2)cc1. The minimum absolute atomic E-state index is 0.0760. The third-order valence-electron chi connectivity index (χ3n) is 5.19. The van der Waals surface area contributed by atoms with Gasteiger partial charge in [0.1, 0.15) is 34.6 Å². The average Bonchev–Trinajstić information content (AvgIpc) is 2.71. The highest BCUT2D eigenvalue weighted by Gasteiger charge is 2.41. The zero-order valence-corrected chi connectivity index (χ0v) is 17.6. The average molecular weight is 452 g/mol. The van der Waals surface area contributed by atoms with Crippen molar-refractivity contribution in [2.75, 3.05) is 0 Å². The van der Waals surface area contributed by atoms with Crippen LogP contribution >= 0.6 is 0 Å². The number of unbranched alkanes of at least 4 members (excludes halogenated alkanes) is 2. The van der Waals surface area contributed by atoms with E-state index in [1.54, 1.807) is 12.1 Å². The molecule has 0 atom stereocenters. The van der Waals surface area contributed by atoms with Crippen molar-refractivity contribution < 1.29 is 31.1 Å². The van der Waals surface area contributed by atoms with E-state index in [1.807, 2.05) is 12.1 Å². The molecule has 0 aliphatic heterocycles. The molecule has 32 heavy (non-hydrogen) atoms. The van der Waals surface area contributed by atoms with Crippen LogP contribution in [-0.4, -0.2) is 0 Å². The molecule has 1 nitrogen and oxygen atoms in total. The normalized spacial score (nSPS) is 11.6. The van der Waals surface area contributed by atoms with Gasteiger partial charge in [0.2, 0.25) is 0 Å². The molecule has 0 spiro atoms. The summed E-state index contributed by atoms with van der Waals surface area (Å²) in [5.41, 5.74) is -0.428. The molecular formula is C25H22F6O. The largest absolute Gasteiger partial charge is 0.432 e. The molecule has 0 aromatic heterocycles. The Bertz CT molecular complexity index is 1050. The lowest BCUT2D eigenvalue weighted by Crippen LogP contribution is -2.25. The minimum Gasteiger partial charge on any atom is -0.429 e. The Morgan fingerprint density at radius 3 is 1.84 bits per heavy atom. The molecule has 0 amide bonds. The van der Waals surface area contributed by atoms with Crippen LogP contribution < -0.4 is 4.74 Å². The zero-order valence-electron chi connectivity index (χ0n) is 17.6. The van der Waals surface area contributed by atoms with Crippen molar-refractivity contribution in [3.8, 4) is 16.9 Å². The van der Waals surface area contributed by atoms with Gasteiger partial charge in [0, 0.05) is 17.7 Å². The van der Waals surface area contributed by atoms with E-state index in [2.05, 4.69) is 11.7 Å². The van der Waals surface area contributed by atoms with Gasteiger partial charge in [-0.15, -0.1) is 0 Å². The lowest BCUT2D eigenvalue weighted by atomic mass is 9.99. The maximum atomic E-state index is 14.6. The van der Waals surface area contributed by atoms with Crippen LogP contribution in [0.25, 0.3) is 11.1 Å². The van der Waals surface area contributed by atoms with E-state index in [9.17, 15) is 26.3 Å². The van der Waals surface area contributed by atoms with Crippen LogP contribution in [0.4, 0.5) is 26.3 Å². The summed E-state index contributed by atoms with van der Waals surface area (Å²) < 4.78 is 89.7. The molecule has 0 radical (unpaired) electrons. The van der Waals surface area contributed by atoms with Crippen LogP contribution in [0.1, 0.15) is 42.9 Å². The van der Waals surface area contributed by atoms with Crippen LogP contribution in [-0.2, 0) is 12.5 Å². The molecule has 0 N–H and O–H groups in total. The van der Waals surface area contributed by atoms with E-state index in [1.165, 1.54) is 0 Å². The Labute approximate surface area is 182 Å². The number of halogens is 6. The number of hydrogen-bond acceptors (Lipinski definition) is 1. The van der Waals surface area contributed by atoms with E-state index in [-0.39, 0.29) is 5.56 Å². The fraction of sp³-hybridized carbons (Fsp3) is 0.280. The molecule has 3 aromatic carbocycles. The quantitative estimate of drug-likeness (QED) is 0.248. The molecule has 0 saturated carbocycles. The predicted molar refractivity (Wildman–Crippen MR) is 111 cm³/mol. The van der Waals surface area contributed by atoms with Crippen molar-refractivity contribution in [3.05, 3.63) is 88.5 Å². The highest BCUT2D eigenvalue weighted by molar-refractivity contribution is 5.64. The molecule has 3 aromatic rings. The van der Waals surface area contributed by atoms with Crippen LogP contribution in [0.5, 0.6) is 5.75 Å². The molecule has 170 valence electrons. The third kappa shape index (κ3) is 5.26.